The molecule has 0 unspecified atom stereocenters. The van der Waals surface area contributed by atoms with Gasteiger partial charge < -0.3 is 10.2 Å². The zero-order valence-electron chi connectivity index (χ0n) is 23.4. The van der Waals surface area contributed by atoms with Gasteiger partial charge >= 0.3 is 0 Å². The Balaban J connectivity index is 1.77. The molecule has 0 saturated carbocycles. The molecular weight excluding hydrogens is 570 g/mol. The van der Waals surface area contributed by atoms with E-state index in [-0.39, 0.29) is 29.5 Å². The summed E-state index contributed by atoms with van der Waals surface area (Å²) in [7, 11) is -4.15. The van der Waals surface area contributed by atoms with E-state index in [1.807, 2.05) is 67.6 Å². The van der Waals surface area contributed by atoms with E-state index >= 15 is 0 Å². The second-order valence-corrected chi connectivity index (χ2v) is 12.1. The first kappa shape index (κ1) is 30.8. The predicted molar refractivity (Wildman–Crippen MR) is 167 cm³/mol. The number of halogens is 1. The smallest absolute Gasteiger partial charge is 0.264 e. The van der Waals surface area contributed by atoms with Crippen LogP contribution in [-0.2, 0) is 32.6 Å². The lowest BCUT2D eigenvalue weighted by molar-refractivity contribution is -0.140. The van der Waals surface area contributed by atoms with Gasteiger partial charge in [0.05, 0.1) is 10.6 Å². The summed E-state index contributed by atoms with van der Waals surface area (Å²) in [4.78, 5) is 29.4. The quantitative estimate of drug-likeness (QED) is 0.212. The van der Waals surface area contributed by atoms with Gasteiger partial charge in [0.1, 0.15) is 12.6 Å². The molecule has 0 heterocycles. The van der Waals surface area contributed by atoms with Gasteiger partial charge in [-0.15, -0.1) is 0 Å². The first-order valence-electron chi connectivity index (χ1n) is 13.8. The van der Waals surface area contributed by atoms with Crippen LogP contribution in [0.2, 0.25) is 5.02 Å². The third-order valence-electron chi connectivity index (χ3n) is 6.74. The molecule has 0 saturated heterocycles. The van der Waals surface area contributed by atoms with Crippen molar-refractivity contribution >= 4 is 39.1 Å². The maximum absolute atomic E-state index is 14.3. The van der Waals surface area contributed by atoms with Crippen molar-refractivity contribution in [1.82, 2.24) is 10.2 Å². The fourth-order valence-electron chi connectivity index (χ4n) is 4.56. The Labute approximate surface area is 252 Å². The molecule has 0 fully saturated rings. The number of carbonyl (C=O) groups is 2. The van der Waals surface area contributed by atoms with E-state index in [4.69, 9.17) is 11.6 Å². The molecule has 0 aliphatic heterocycles. The molecule has 42 heavy (non-hydrogen) atoms. The van der Waals surface area contributed by atoms with Crippen molar-refractivity contribution in [3.05, 3.63) is 131 Å². The Morgan fingerprint density at radius 2 is 1.33 bits per heavy atom. The van der Waals surface area contributed by atoms with Gasteiger partial charge in [-0.2, -0.15) is 0 Å². The molecule has 0 aromatic heterocycles. The summed E-state index contributed by atoms with van der Waals surface area (Å²) < 4.78 is 28.9. The number of nitrogens with one attached hydrogen (secondary N) is 1. The molecule has 4 rings (SSSR count). The van der Waals surface area contributed by atoms with Gasteiger partial charge in [-0.1, -0.05) is 97.4 Å². The third-order valence-corrected chi connectivity index (χ3v) is 8.78. The second-order valence-electron chi connectivity index (χ2n) is 9.80. The summed E-state index contributed by atoms with van der Waals surface area (Å²) in [6.07, 6.45) is 0.997. The number of nitrogens with zero attached hydrogens (tertiary/aromatic N) is 2. The minimum atomic E-state index is -4.15. The second kappa shape index (κ2) is 14.7. The third kappa shape index (κ3) is 7.99. The number of amides is 2. The highest BCUT2D eigenvalue weighted by Gasteiger charge is 2.34. The maximum Gasteiger partial charge on any atom is 0.264 e. The van der Waals surface area contributed by atoms with Crippen LogP contribution in [0.1, 0.15) is 24.5 Å². The van der Waals surface area contributed by atoms with Crippen LogP contribution in [0.5, 0.6) is 0 Å². The molecule has 4 aromatic carbocycles. The van der Waals surface area contributed by atoms with E-state index in [1.165, 1.54) is 17.0 Å². The zero-order chi connectivity index (χ0) is 30.0. The van der Waals surface area contributed by atoms with Crippen molar-refractivity contribution in [1.29, 1.82) is 0 Å². The normalized spacial score (nSPS) is 11.9. The monoisotopic (exact) mass is 603 g/mol. The van der Waals surface area contributed by atoms with Crippen LogP contribution in [-0.4, -0.2) is 44.3 Å². The van der Waals surface area contributed by atoms with E-state index < -0.39 is 28.5 Å². The van der Waals surface area contributed by atoms with Crippen LogP contribution >= 0.6 is 11.6 Å². The molecule has 218 valence electrons. The average Bonchev–Trinajstić information content (AvgIpc) is 3.02. The summed E-state index contributed by atoms with van der Waals surface area (Å²) in [6, 6.07) is 32.2. The molecule has 2 amide bonds. The number of sulfonamides is 1. The van der Waals surface area contributed by atoms with Crippen molar-refractivity contribution in [2.75, 3.05) is 17.4 Å². The van der Waals surface area contributed by atoms with Crippen molar-refractivity contribution in [3.63, 3.8) is 0 Å². The number of hydrogen-bond acceptors (Lipinski definition) is 4. The highest BCUT2D eigenvalue weighted by atomic mass is 35.5. The lowest BCUT2D eigenvalue weighted by Gasteiger charge is -2.34. The Hall–Kier alpha value is -4.14. The van der Waals surface area contributed by atoms with Crippen molar-refractivity contribution < 1.29 is 18.0 Å². The minimum Gasteiger partial charge on any atom is -0.354 e. The molecule has 0 aliphatic carbocycles. The summed E-state index contributed by atoms with van der Waals surface area (Å²) in [5.41, 5.74) is 1.98. The predicted octanol–water partition coefficient (Wildman–Crippen LogP) is 5.70. The van der Waals surface area contributed by atoms with Crippen LogP contribution in [0.15, 0.2) is 120 Å². The zero-order valence-corrected chi connectivity index (χ0v) is 25.0. The molecule has 1 atom stereocenters. The Morgan fingerprint density at radius 3 is 1.90 bits per heavy atom. The number of hydrogen-bond donors (Lipinski definition) is 1. The SMILES string of the molecule is CCCNC(=O)[C@H](Cc1ccccc1)N(Cc1ccccc1)C(=O)CN(c1ccc(Cl)cc1)S(=O)(=O)c1ccccc1. The lowest BCUT2D eigenvalue weighted by Crippen LogP contribution is -2.53. The molecule has 1 N–H and O–H groups in total. The van der Waals surface area contributed by atoms with Crippen LogP contribution in [0.25, 0.3) is 0 Å². The minimum absolute atomic E-state index is 0.0453. The van der Waals surface area contributed by atoms with Crippen LogP contribution < -0.4 is 9.62 Å². The fraction of sp³-hybridized carbons (Fsp3) is 0.212. The molecular formula is C33H34ClN3O4S. The van der Waals surface area contributed by atoms with Gasteiger partial charge in [0.2, 0.25) is 11.8 Å². The summed E-state index contributed by atoms with van der Waals surface area (Å²) in [6.45, 7) is 2.02. The topological polar surface area (TPSA) is 86.8 Å². The average molecular weight is 604 g/mol. The van der Waals surface area contributed by atoms with Gasteiger partial charge in [0.15, 0.2) is 0 Å². The Morgan fingerprint density at radius 1 is 0.786 bits per heavy atom. The maximum atomic E-state index is 14.3. The summed E-state index contributed by atoms with van der Waals surface area (Å²) >= 11 is 6.10. The van der Waals surface area contributed by atoms with Crippen molar-refractivity contribution in [2.24, 2.45) is 0 Å². The lowest BCUT2D eigenvalue weighted by atomic mass is 10.0. The van der Waals surface area contributed by atoms with Gasteiger partial charge in [0, 0.05) is 24.5 Å². The standard InChI is InChI=1S/C33H34ClN3O4S/c1-2-22-35-33(39)31(23-26-12-6-3-7-13-26)36(24-27-14-8-4-9-15-27)32(38)25-37(29-20-18-28(34)19-21-29)42(40,41)30-16-10-5-11-17-30/h3-21,31H,2,22-25H2,1H3,(H,35,39)/t31-/m0/s1. The number of rotatable bonds is 13. The molecule has 9 heteroatoms. The number of carbonyl (C=O) groups excluding carboxylic acids is 2. The molecule has 7 nitrogen and oxygen atoms in total. The fourth-order valence-corrected chi connectivity index (χ4v) is 6.12. The first-order valence-corrected chi connectivity index (χ1v) is 15.6. The summed E-state index contributed by atoms with van der Waals surface area (Å²) in [5.74, 6) is -0.810. The Bertz CT molecular complexity index is 1550. The van der Waals surface area contributed by atoms with Gasteiger partial charge in [-0.25, -0.2) is 8.42 Å². The van der Waals surface area contributed by atoms with E-state index in [0.717, 1.165) is 21.9 Å². The number of anilines is 1. The van der Waals surface area contributed by atoms with Gasteiger partial charge in [-0.3, -0.25) is 13.9 Å². The van der Waals surface area contributed by atoms with Crippen molar-refractivity contribution in [3.8, 4) is 0 Å². The van der Waals surface area contributed by atoms with E-state index in [0.29, 0.717) is 11.6 Å². The molecule has 0 spiro atoms. The van der Waals surface area contributed by atoms with Crippen LogP contribution in [0.4, 0.5) is 5.69 Å². The van der Waals surface area contributed by atoms with Crippen molar-refractivity contribution in [2.45, 2.75) is 37.2 Å². The molecule has 0 radical (unpaired) electrons. The highest BCUT2D eigenvalue weighted by molar-refractivity contribution is 7.92. The summed E-state index contributed by atoms with van der Waals surface area (Å²) in [5, 5.41) is 3.38. The highest BCUT2D eigenvalue weighted by Crippen LogP contribution is 2.26. The largest absolute Gasteiger partial charge is 0.354 e. The first-order chi connectivity index (χ1) is 20.3. The molecule has 0 aliphatic rings. The van der Waals surface area contributed by atoms with Gasteiger partial charge in [0.25, 0.3) is 10.0 Å². The van der Waals surface area contributed by atoms with E-state index in [2.05, 4.69) is 5.32 Å². The number of benzene rings is 4. The van der Waals surface area contributed by atoms with Crippen LogP contribution in [0.3, 0.4) is 0 Å². The Kier molecular flexibility index (Phi) is 10.8. The van der Waals surface area contributed by atoms with E-state index in [9.17, 15) is 18.0 Å². The van der Waals surface area contributed by atoms with E-state index in [1.54, 1.807) is 42.5 Å². The molecule has 0 bridgehead atoms. The molecule has 4 aromatic rings. The van der Waals surface area contributed by atoms with Gasteiger partial charge in [-0.05, 0) is 53.9 Å². The van der Waals surface area contributed by atoms with Crippen LogP contribution in [0, 0.1) is 0 Å².